The molecule has 1 aliphatic rings. The van der Waals surface area contributed by atoms with Gasteiger partial charge in [-0.1, -0.05) is 31.2 Å². The highest BCUT2D eigenvalue weighted by Crippen LogP contribution is 2.36. The van der Waals surface area contributed by atoms with E-state index in [0.29, 0.717) is 12.0 Å². The zero-order valence-corrected chi connectivity index (χ0v) is 9.78. The quantitative estimate of drug-likeness (QED) is 0.766. The number of hydrogen-bond acceptors (Lipinski definition) is 2. The van der Waals surface area contributed by atoms with E-state index in [-0.39, 0.29) is 0 Å². The Morgan fingerprint density at radius 1 is 1.56 bits per heavy atom. The molecule has 16 heavy (non-hydrogen) atoms. The predicted molar refractivity (Wildman–Crippen MR) is 67.0 cm³/mol. The van der Waals surface area contributed by atoms with Crippen LogP contribution in [-0.2, 0) is 0 Å². The molecule has 0 spiro atoms. The average Bonchev–Trinajstić information content (AvgIpc) is 2.72. The SMILES string of the molecule is C=CCC(NCC)C1COc2ccccc21. The first-order valence-corrected chi connectivity index (χ1v) is 5.92. The highest BCUT2D eigenvalue weighted by molar-refractivity contribution is 5.40. The van der Waals surface area contributed by atoms with Crippen LogP contribution in [0, 0.1) is 0 Å². The number of para-hydroxylation sites is 1. The summed E-state index contributed by atoms with van der Waals surface area (Å²) < 4.78 is 5.71. The molecule has 1 N–H and O–H groups in total. The Morgan fingerprint density at radius 2 is 2.38 bits per heavy atom. The Morgan fingerprint density at radius 3 is 3.12 bits per heavy atom. The van der Waals surface area contributed by atoms with Gasteiger partial charge >= 0.3 is 0 Å². The molecule has 0 aliphatic carbocycles. The number of nitrogens with one attached hydrogen (secondary N) is 1. The van der Waals surface area contributed by atoms with E-state index in [2.05, 4.69) is 31.0 Å². The van der Waals surface area contributed by atoms with Crippen LogP contribution >= 0.6 is 0 Å². The van der Waals surface area contributed by atoms with Crippen molar-refractivity contribution >= 4 is 0 Å². The first kappa shape index (κ1) is 11.2. The maximum Gasteiger partial charge on any atom is 0.122 e. The summed E-state index contributed by atoms with van der Waals surface area (Å²) in [5.74, 6) is 1.49. The van der Waals surface area contributed by atoms with E-state index in [0.717, 1.165) is 25.3 Å². The number of benzene rings is 1. The predicted octanol–water partition coefficient (Wildman–Crippen LogP) is 2.72. The van der Waals surface area contributed by atoms with Crippen LogP contribution in [0.4, 0.5) is 0 Å². The van der Waals surface area contributed by atoms with E-state index in [4.69, 9.17) is 4.74 Å². The lowest BCUT2D eigenvalue weighted by atomic mass is 9.91. The monoisotopic (exact) mass is 217 g/mol. The van der Waals surface area contributed by atoms with Gasteiger partial charge in [-0.3, -0.25) is 0 Å². The van der Waals surface area contributed by atoms with Crippen LogP contribution in [0.3, 0.4) is 0 Å². The molecule has 0 amide bonds. The van der Waals surface area contributed by atoms with Crippen molar-refractivity contribution in [2.45, 2.75) is 25.3 Å². The average molecular weight is 217 g/mol. The van der Waals surface area contributed by atoms with Gasteiger partial charge in [0.15, 0.2) is 0 Å². The third kappa shape index (κ3) is 2.12. The van der Waals surface area contributed by atoms with Gasteiger partial charge in [-0.25, -0.2) is 0 Å². The lowest BCUT2D eigenvalue weighted by molar-refractivity contribution is 0.299. The van der Waals surface area contributed by atoms with Gasteiger partial charge in [0.25, 0.3) is 0 Å². The van der Waals surface area contributed by atoms with Crippen molar-refractivity contribution in [3.8, 4) is 5.75 Å². The smallest absolute Gasteiger partial charge is 0.122 e. The van der Waals surface area contributed by atoms with Crippen LogP contribution in [0.1, 0.15) is 24.8 Å². The number of fused-ring (bicyclic) bond motifs is 1. The molecular weight excluding hydrogens is 198 g/mol. The summed E-state index contributed by atoms with van der Waals surface area (Å²) in [6.45, 7) is 7.73. The first-order chi connectivity index (χ1) is 7.86. The van der Waals surface area contributed by atoms with Gasteiger partial charge in [0.1, 0.15) is 5.75 Å². The van der Waals surface area contributed by atoms with Gasteiger partial charge in [-0.2, -0.15) is 0 Å². The van der Waals surface area contributed by atoms with Crippen LogP contribution < -0.4 is 10.1 Å². The van der Waals surface area contributed by atoms with E-state index < -0.39 is 0 Å². The number of rotatable bonds is 5. The molecule has 2 atom stereocenters. The van der Waals surface area contributed by atoms with Gasteiger partial charge in [0, 0.05) is 17.5 Å². The maximum atomic E-state index is 5.71. The summed E-state index contributed by atoms with van der Waals surface area (Å²) in [6, 6.07) is 8.76. The minimum absolute atomic E-state index is 0.436. The molecule has 1 heterocycles. The van der Waals surface area contributed by atoms with Crippen LogP contribution in [0.25, 0.3) is 0 Å². The largest absolute Gasteiger partial charge is 0.493 e. The zero-order chi connectivity index (χ0) is 11.4. The molecule has 1 aromatic carbocycles. The first-order valence-electron chi connectivity index (χ1n) is 5.92. The van der Waals surface area contributed by atoms with Gasteiger partial charge in [0.05, 0.1) is 6.61 Å². The van der Waals surface area contributed by atoms with Crippen molar-refractivity contribution in [1.82, 2.24) is 5.32 Å². The molecule has 2 unspecified atom stereocenters. The molecule has 0 radical (unpaired) electrons. The standard InChI is InChI=1S/C14H19NO/c1-3-7-13(15-4-2)12-10-16-14-9-6-5-8-11(12)14/h3,5-6,8-9,12-13,15H,1,4,7,10H2,2H3. The fourth-order valence-corrected chi connectivity index (χ4v) is 2.35. The number of ether oxygens (including phenoxy) is 1. The second-order valence-electron chi connectivity index (χ2n) is 4.14. The molecule has 0 aromatic heterocycles. The Balaban J connectivity index is 2.18. The summed E-state index contributed by atoms with van der Waals surface area (Å²) in [7, 11) is 0. The lowest BCUT2D eigenvalue weighted by Crippen LogP contribution is -2.35. The number of likely N-dealkylation sites (N-methyl/N-ethyl adjacent to an activating group) is 1. The molecule has 1 aromatic rings. The fourth-order valence-electron chi connectivity index (χ4n) is 2.35. The highest BCUT2D eigenvalue weighted by atomic mass is 16.5. The Bertz CT molecular complexity index is 362. The van der Waals surface area contributed by atoms with Gasteiger partial charge in [-0.05, 0) is 19.0 Å². The molecule has 2 rings (SSSR count). The minimum Gasteiger partial charge on any atom is -0.493 e. The zero-order valence-electron chi connectivity index (χ0n) is 9.78. The van der Waals surface area contributed by atoms with Crippen molar-refractivity contribution in [3.63, 3.8) is 0 Å². The van der Waals surface area contributed by atoms with Crippen LogP contribution in [0.5, 0.6) is 5.75 Å². The Hall–Kier alpha value is -1.28. The summed E-state index contributed by atoms with van der Waals surface area (Å²) >= 11 is 0. The van der Waals surface area contributed by atoms with Gasteiger partial charge < -0.3 is 10.1 Å². The topological polar surface area (TPSA) is 21.3 Å². The molecule has 0 bridgehead atoms. The summed E-state index contributed by atoms with van der Waals surface area (Å²) in [6.07, 6.45) is 2.96. The third-order valence-electron chi connectivity index (χ3n) is 3.11. The summed E-state index contributed by atoms with van der Waals surface area (Å²) in [4.78, 5) is 0. The molecule has 1 aliphatic heterocycles. The molecule has 0 saturated heterocycles. The summed E-state index contributed by atoms with van der Waals surface area (Å²) in [5.41, 5.74) is 1.33. The van der Waals surface area contributed by atoms with E-state index in [1.54, 1.807) is 0 Å². The van der Waals surface area contributed by atoms with Crippen molar-refractivity contribution in [1.29, 1.82) is 0 Å². The normalized spacial score (nSPS) is 19.9. The molecular formula is C14H19NO. The van der Waals surface area contributed by atoms with Crippen LogP contribution in [-0.4, -0.2) is 19.2 Å². The van der Waals surface area contributed by atoms with Crippen LogP contribution in [0.15, 0.2) is 36.9 Å². The minimum atomic E-state index is 0.436. The van der Waals surface area contributed by atoms with Crippen molar-refractivity contribution < 1.29 is 4.74 Å². The van der Waals surface area contributed by atoms with E-state index in [9.17, 15) is 0 Å². The molecule has 2 nitrogen and oxygen atoms in total. The maximum absolute atomic E-state index is 5.71. The highest BCUT2D eigenvalue weighted by Gasteiger charge is 2.29. The van der Waals surface area contributed by atoms with Crippen LogP contribution in [0.2, 0.25) is 0 Å². The van der Waals surface area contributed by atoms with Gasteiger partial charge in [0.2, 0.25) is 0 Å². The lowest BCUT2D eigenvalue weighted by Gasteiger charge is -2.22. The Labute approximate surface area is 97.3 Å². The van der Waals surface area contributed by atoms with Crippen molar-refractivity contribution in [2.24, 2.45) is 0 Å². The second kappa shape index (κ2) is 5.17. The molecule has 0 saturated carbocycles. The third-order valence-corrected chi connectivity index (χ3v) is 3.11. The van der Waals surface area contributed by atoms with E-state index in [1.165, 1.54) is 5.56 Å². The molecule has 2 heteroatoms. The second-order valence-corrected chi connectivity index (χ2v) is 4.14. The molecule has 86 valence electrons. The molecule has 0 fully saturated rings. The van der Waals surface area contributed by atoms with Crippen molar-refractivity contribution in [3.05, 3.63) is 42.5 Å². The van der Waals surface area contributed by atoms with Crippen molar-refractivity contribution in [2.75, 3.05) is 13.2 Å². The fraction of sp³-hybridized carbons (Fsp3) is 0.429. The van der Waals surface area contributed by atoms with Gasteiger partial charge in [-0.15, -0.1) is 6.58 Å². The Kier molecular flexibility index (Phi) is 3.62. The summed E-state index contributed by atoms with van der Waals surface area (Å²) in [5, 5.41) is 3.52. The number of hydrogen-bond donors (Lipinski definition) is 1. The van der Waals surface area contributed by atoms with E-state index >= 15 is 0 Å². The van der Waals surface area contributed by atoms with E-state index in [1.807, 2.05) is 18.2 Å².